The van der Waals surface area contributed by atoms with Crippen LogP contribution >= 0.6 is 0 Å². The van der Waals surface area contributed by atoms with Crippen LogP contribution in [0, 0.1) is 53.3 Å². The number of aryl methyl sites for hydroxylation is 2. The number of unbranched alkanes of at least 4 members (excludes halogenated alkanes) is 2. The highest BCUT2D eigenvalue weighted by atomic mass is 32.2. The Morgan fingerprint density at radius 1 is 0.882 bits per heavy atom. The van der Waals surface area contributed by atoms with Crippen molar-refractivity contribution in [3.63, 3.8) is 0 Å². The highest BCUT2D eigenvalue weighted by Crippen LogP contribution is 2.70. The van der Waals surface area contributed by atoms with Crippen molar-refractivity contribution in [2.24, 2.45) is 46.3 Å². The van der Waals surface area contributed by atoms with Crippen LogP contribution in [0.5, 0.6) is 0 Å². The maximum atomic E-state index is 12.7. The van der Waals surface area contributed by atoms with Crippen LogP contribution in [0.25, 0.3) is 0 Å². The number of aliphatic hydroxyl groups excluding tert-OH is 1. The first-order valence-corrected chi connectivity index (χ1v) is 21.9. The fourth-order valence-corrected chi connectivity index (χ4v) is 12.3. The second kappa shape index (κ2) is 16.3. The minimum atomic E-state index is -4.02. The molecule has 10 atom stereocenters. The molecular weight excluding hydrogens is 655 g/mol. The largest absolute Gasteiger partial charge is 0.393 e. The average molecular weight is 725 g/mol. The summed E-state index contributed by atoms with van der Waals surface area (Å²) < 4.78 is 31.9. The van der Waals surface area contributed by atoms with Crippen molar-refractivity contribution in [1.29, 1.82) is 0 Å². The molecule has 4 fully saturated rings. The normalized spacial score (nSPS) is 35.3. The van der Waals surface area contributed by atoms with Crippen molar-refractivity contribution in [3.8, 4) is 0 Å². The molecule has 1 aromatic carbocycles. The van der Waals surface area contributed by atoms with Crippen molar-refractivity contribution in [1.82, 2.24) is 0 Å². The maximum absolute atomic E-state index is 12.7. The Labute approximate surface area is 310 Å². The van der Waals surface area contributed by atoms with Gasteiger partial charge in [0.05, 0.1) is 11.0 Å². The van der Waals surface area contributed by atoms with E-state index in [0.717, 1.165) is 54.9 Å². The summed E-state index contributed by atoms with van der Waals surface area (Å²) in [7, 11) is -4.02. The van der Waals surface area contributed by atoms with Gasteiger partial charge < -0.3 is 10.2 Å². The first-order valence-electron chi connectivity index (χ1n) is 20.5. The predicted octanol–water partition coefficient (Wildman–Crippen LogP) is 9.70. The van der Waals surface area contributed by atoms with Crippen LogP contribution in [-0.2, 0) is 16.5 Å². The van der Waals surface area contributed by atoms with Crippen LogP contribution in [-0.4, -0.2) is 34.9 Å². The molecule has 0 amide bonds. The van der Waals surface area contributed by atoms with Crippen molar-refractivity contribution in [2.45, 2.75) is 167 Å². The lowest BCUT2D eigenvalue weighted by atomic mass is 9.42. The summed E-state index contributed by atoms with van der Waals surface area (Å²) in [5.74, 6) is 4.49. The first-order chi connectivity index (χ1) is 24.0. The Bertz CT molecular complexity index is 1530. The SMILES string of the molecule is CCCCCc1cc[n+](C2CC3C4CCC(C(C)CCCC(C)C)C4(C)CCC3C3(C)CCC(O)CC23O)cc1.Cc1ccc(S(=O)(=O)O)cc1. The molecule has 2 aromatic rings. The van der Waals surface area contributed by atoms with Crippen LogP contribution in [0.4, 0.5) is 0 Å². The number of hydrogen-bond acceptors (Lipinski definition) is 4. The summed E-state index contributed by atoms with van der Waals surface area (Å²) in [5, 5.41) is 23.6. The monoisotopic (exact) mass is 724 g/mol. The minimum absolute atomic E-state index is 0.0447. The van der Waals surface area contributed by atoms with Crippen LogP contribution < -0.4 is 4.57 Å². The molecule has 6 nitrogen and oxygen atoms in total. The van der Waals surface area contributed by atoms with E-state index < -0.39 is 15.7 Å². The zero-order chi connectivity index (χ0) is 37.2. The number of rotatable bonds is 11. The molecule has 0 spiro atoms. The molecular formula is C44H70NO5S+. The standard InChI is InChI=1S/C37H62NO2.C7H8O3S/c1-7-8-9-13-28-18-22-38(23-19-28)34-24-30-32-15-14-31(27(4)12-10-11-26(2)3)35(32,5)20-17-33(30)36(6)21-16-29(39)25-37(34,36)40;1-6-2-4-7(5-3-6)11(8,9)10/h18-19,22-23,26-27,29-34,39-40H,7-17,20-21,24-25H2,1-6H3;2-5H,1H3,(H,8,9,10)/q+1;. The van der Waals surface area contributed by atoms with Gasteiger partial charge in [0.1, 0.15) is 5.60 Å². The number of nitrogens with zero attached hydrogens (tertiary/aromatic N) is 1. The van der Waals surface area contributed by atoms with Gasteiger partial charge in [0.15, 0.2) is 18.4 Å². The van der Waals surface area contributed by atoms with E-state index in [1.165, 1.54) is 81.9 Å². The van der Waals surface area contributed by atoms with E-state index >= 15 is 0 Å². The summed E-state index contributed by atoms with van der Waals surface area (Å²) in [4.78, 5) is -0.0666. The maximum Gasteiger partial charge on any atom is 0.294 e. The first kappa shape index (κ1) is 40.4. The van der Waals surface area contributed by atoms with Gasteiger partial charge in [-0.2, -0.15) is 13.0 Å². The molecule has 7 heteroatoms. The Hall–Kier alpha value is -1.80. The molecule has 4 aliphatic rings. The fraction of sp³-hybridized carbons (Fsp3) is 0.750. The molecule has 0 aliphatic heterocycles. The predicted molar refractivity (Wildman–Crippen MR) is 206 cm³/mol. The quantitative estimate of drug-likeness (QED) is 0.122. The van der Waals surface area contributed by atoms with E-state index in [0.29, 0.717) is 23.7 Å². The molecule has 3 N–H and O–H groups in total. The number of aliphatic hydroxyl groups is 2. The molecule has 0 saturated heterocycles. The second-order valence-electron chi connectivity index (χ2n) is 18.3. The molecule has 51 heavy (non-hydrogen) atoms. The van der Waals surface area contributed by atoms with Crippen molar-refractivity contribution in [3.05, 3.63) is 59.9 Å². The van der Waals surface area contributed by atoms with E-state index in [9.17, 15) is 18.6 Å². The zero-order valence-corrected chi connectivity index (χ0v) is 33.7. The number of fused-ring (bicyclic) bond motifs is 5. The van der Waals surface area contributed by atoms with Crippen molar-refractivity contribution in [2.75, 3.05) is 0 Å². The van der Waals surface area contributed by atoms with Gasteiger partial charge in [0.2, 0.25) is 0 Å². The number of aromatic nitrogens is 1. The van der Waals surface area contributed by atoms with Gasteiger partial charge in [0.25, 0.3) is 10.1 Å². The van der Waals surface area contributed by atoms with Gasteiger partial charge in [0, 0.05) is 30.4 Å². The fourth-order valence-electron chi connectivity index (χ4n) is 11.8. The van der Waals surface area contributed by atoms with E-state index in [-0.39, 0.29) is 22.5 Å². The van der Waals surface area contributed by atoms with Crippen LogP contribution in [0.2, 0.25) is 0 Å². The summed E-state index contributed by atoms with van der Waals surface area (Å²) in [6, 6.07) is 10.6. The smallest absolute Gasteiger partial charge is 0.294 e. The molecule has 1 heterocycles. The Balaban J connectivity index is 0.000000392. The third-order valence-electron chi connectivity index (χ3n) is 14.7. The Kier molecular flexibility index (Phi) is 12.9. The topological polar surface area (TPSA) is 98.7 Å². The molecule has 10 unspecified atom stereocenters. The number of benzene rings is 1. The van der Waals surface area contributed by atoms with E-state index in [4.69, 9.17) is 4.55 Å². The number of hydrogen-bond donors (Lipinski definition) is 3. The molecule has 0 radical (unpaired) electrons. The van der Waals surface area contributed by atoms with Crippen LogP contribution in [0.1, 0.15) is 149 Å². The third kappa shape index (κ3) is 8.47. The lowest BCUT2D eigenvalue weighted by Gasteiger charge is -2.64. The molecule has 286 valence electrons. The summed E-state index contributed by atoms with van der Waals surface area (Å²) >= 11 is 0. The van der Waals surface area contributed by atoms with Gasteiger partial charge in [-0.05, 0) is 117 Å². The molecule has 6 rings (SSSR count). The zero-order valence-electron chi connectivity index (χ0n) is 32.9. The highest BCUT2D eigenvalue weighted by molar-refractivity contribution is 7.85. The molecule has 4 aliphatic carbocycles. The van der Waals surface area contributed by atoms with Crippen molar-refractivity contribution < 1.29 is 27.8 Å². The van der Waals surface area contributed by atoms with E-state index in [1.807, 2.05) is 6.92 Å². The molecule has 0 bridgehead atoms. The second-order valence-corrected chi connectivity index (χ2v) is 19.7. The van der Waals surface area contributed by atoms with Gasteiger partial charge in [-0.25, -0.2) is 0 Å². The summed E-state index contributed by atoms with van der Waals surface area (Å²) in [6.45, 7) is 16.5. The van der Waals surface area contributed by atoms with Crippen molar-refractivity contribution >= 4 is 10.1 Å². The molecule has 4 saturated carbocycles. The van der Waals surface area contributed by atoms with Gasteiger partial charge in [-0.1, -0.05) is 91.3 Å². The minimum Gasteiger partial charge on any atom is -0.393 e. The van der Waals surface area contributed by atoms with Crippen LogP contribution in [0.3, 0.4) is 0 Å². The Morgan fingerprint density at radius 2 is 1.57 bits per heavy atom. The van der Waals surface area contributed by atoms with Crippen LogP contribution in [0.15, 0.2) is 53.7 Å². The van der Waals surface area contributed by atoms with Gasteiger partial charge >= 0.3 is 0 Å². The van der Waals surface area contributed by atoms with E-state index in [1.54, 1.807) is 12.1 Å². The Morgan fingerprint density at radius 3 is 2.20 bits per heavy atom. The summed E-state index contributed by atoms with van der Waals surface area (Å²) in [6.07, 6.45) is 22.0. The highest BCUT2D eigenvalue weighted by Gasteiger charge is 2.70. The van der Waals surface area contributed by atoms with Gasteiger partial charge in [-0.3, -0.25) is 4.55 Å². The lowest BCUT2D eigenvalue weighted by molar-refractivity contribution is -0.747. The molecule has 1 aromatic heterocycles. The number of pyridine rings is 1. The van der Waals surface area contributed by atoms with Gasteiger partial charge in [-0.15, -0.1) is 0 Å². The third-order valence-corrected chi connectivity index (χ3v) is 15.6. The lowest BCUT2D eigenvalue weighted by Crippen LogP contribution is -2.71. The average Bonchev–Trinajstić information content (AvgIpc) is 3.43. The summed E-state index contributed by atoms with van der Waals surface area (Å²) in [5.41, 5.74) is 1.83. The van der Waals surface area contributed by atoms with E-state index in [2.05, 4.69) is 70.6 Å².